The fourth-order valence-corrected chi connectivity index (χ4v) is 2.36. The van der Waals surface area contributed by atoms with Crippen LogP contribution in [0.5, 0.6) is 0 Å². The van der Waals surface area contributed by atoms with E-state index in [9.17, 15) is 9.59 Å². The predicted octanol–water partition coefficient (Wildman–Crippen LogP) is 2.07. The minimum Gasteiger partial charge on any atom is -0.477 e. The SMILES string of the molecule is O=C(NC1CC1c1ccccc1)c1ccnc(C(=O)O)c1. The number of carboxylic acids is 1. The summed E-state index contributed by atoms with van der Waals surface area (Å²) in [7, 11) is 0. The monoisotopic (exact) mass is 282 g/mol. The first-order valence-electron chi connectivity index (χ1n) is 6.70. The molecule has 1 aromatic heterocycles. The van der Waals surface area contributed by atoms with E-state index in [0.29, 0.717) is 11.5 Å². The maximum atomic E-state index is 12.1. The van der Waals surface area contributed by atoms with Crippen LogP contribution in [0.2, 0.25) is 0 Å². The number of nitrogens with zero attached hydrogens (tertiary/aromatic N) is 1. The van der Waals surface area contributed by atoms with Crippen LogP contribution in [-0.4, -0.2) is 28.0 Å². The van der Waals surface area contributed by atoms with Crippen LogP contribution in [0, 0.1) is 0 Å². The van der Waals surface area contributed by atoms with Crippen molar-refractivity contribution in [3.63, 3.8) is 0 Å². The maximum absolute atomic E-state index is 12.1. The summed E-state index contributed by atoms with van der Waals surface area (Å²) < 4.78 is 0. The minimum absolute atomic E-state index is 0.112. The molecule has 2 atom stereocenters. The van der Waals surface area contributed by atoms with Crippen molar-refractivity contribution in [3.8, 4) is 0 Å². The van der Waals surface area contributed by atoms with Crippen molar-refractivity contribution in [2.45, 2.75) is 18.4 Å². The first-order chi connectivity index (χ1) is 10.1. The molecule has 1 aromatic carbocycles. The molecule has 106 valence electrons. The van der Waals surface area contributed by atoms with E-state index >= 15 is 0 Å². The van der Waals surface area contributed by atoms with Crippen LogP contribution in [-0.2, 0) is 0 Å². The van der Waals surface area contributed by atoms with Crippen molar-refractivity contribution >= 4 is 11.9 Å². The molecule has 1 amide bonds. The fraction of sp³-hybridized carbons (Fsp3) is 0.188. The molecule has 1 aliphatic carbocycles. The van der Waals surface area contributed by atoms with Crippen LogP contribution in [0.1, 0.15) is 38.7 Å². The summed E-state index contributed by atoms with van der Waals surface area (Å²) >= 11 is 0. The quantitative estimate of drug-likeness (QED) is 0.899. The van der Waals surface area contributed by atoms with Crippen LogP contribution in [0.15, 0.2) is 48.7 Å². The lowest BCUT2D eigenvalue weighted by Crippen LogP contribution is -2.26. The highest BCUT2D eigenvalue weighted by Gasteiger charge is 2.39. The van der Waals surface area contributed by atoms with Crippen LogP contribution < -0.4 is 5.32 Å². The summed E-state index contributed by atoms with van der Waals surface area (Å²) in [5.74, 6) is -1.06. The summed E-state index contributed by atoms with van der Waals surface area (Å²) in [6, 6.07) is 12.9. The van der Waals surface area contributed by atoms with Gasteiger partial charge in [0.15, 0.2) is 0 Å². The fourth-order valence-electron chi connectivity index (χ4n) is 2.36. The third-order valence-corrected chi connectivity index (χ3v) is 3.58. The number of pyridine rings is 1. The largest absolute Gasteiger partial charge is 0.477 e. The normalized spacial score (nSPS) is 19.8. The Bertz CT molecular complexity index is 685. The third-order valence-electron chi connectivity index (χ3n) is 3.58. The first kappa shape index (κ1) is 13.3. The van der Waals surface area contributed by atoms with E-state index in [1.54, 1.807) is 0 Å². The summed E-state index contributed by atoms with van der Waals surface area (Å²) in [6.45, 7) is 0. The van der Waals surface area contributed by atoms with Crippen LogP contribution in [0.3, 0.4) is 0 Å². The highest BCUT2D eigenvalue weighted by molar-refractivity contribution is 5.97. The zero-order chi connectivity index (χ0) is 14.8. The van der Waals surface area contributed by atoms with Gasteiger partial charge in [-0.3, -0.25) is 4.79 Å². The molecule has 0 radical (unpaired) electrons. The lowest BCUT2D eigenvalue weighted by atomic mass is 10.1. The predicted molar refractivity (Wildman–Crippen MR) is 76.3 cm³/mol. The van der Waals surface area contributed by atoms with Crippen LogP contribution in [0.25, 0.3) is 0 Å². The molecule has 1 fully saturated rings. The second-order valence-electron chi connectivity index (χ2n) is 5.07. The van der Waals surface area contributed by atoms with Gasteiger partial charge < -0.3 is 10.4 Å². The average molecular weight is 282 g/mol. The van der Waals surface area contributed by atoms with Gasteiger partial charge in [-0.15, -0.1) is 0 Å². The number of hydrogen-bond acceptors (Lipinski definition) is 3. The Morgan fingerprint density at radius 3 is 2.67 bits per heavy atom. The Balaban J connectivity index is 1.66. The second kappa shape index (κ2) is 5.36. The summed E-state index contributed by atoms with van der Waals surface area (Å²) in [4.78, 5) is 26.7. The number of rotatable bonds is 4. The summed E-state index contributed by atoms with van der Waals surface area (Å²) in [5.41, 5.74) is 1.41. The zero-order valence-electron chi connectivity index (χ0n) is 11.2. The number of aromatic nitrogens is 1. The molecule has 3 rings (SSSR count). The van der Waals surface area contributed by atoms with Crippen molar-refractivity contribution in [2.24, 2.45) is 0 Å². The average Bonchev–Trinajstić information content (AvgIpc) is 3.27. The highest BCUT2D eigenvalue weighted by atomic mass is 16.4. The first-order valence-corrected chi connectivity index (χ1v) is 6.70. The molecule has 1 saturated carbocycles. The smallest absolute Gasteiger partial charge is 0.354 e. The molecule has 2 unspecified atom stereocenters. The minimum atomic E-state index is -1.14. The third kappa shape index (κ3) is 2.91. The Morgan fingerprint density at radius 1 is 1.19 bits per heavy atom. The van der Waals surface area contributed by atoms with Crippen molar-refractivity contribution in [1.82, 2.24) is 10.3 Å². The zero-order valence-corrected chi connectivity index (χ0v) is 11.2. The van der Waals surface area contributed by atoms with Gasteiger partial charge in [0.05, 0.1) is 0 Å². The van der Waals surface area contributed by atoms with Gasteiger partial charge in [0.25, 0.3) is 5.91 Å². The molecule has 1 aliphatic rings. The molecule has 21 heavy (non-hydrogen) atoms. The maximum Gasteiger partial charge on any atom is 0.354 e. The Hall–Kier alpha value is -2.69. The van der Waals surface area contributed by atoms with Crippen LogP contribution in [0.4, 0.5) is 0 Å². The van der Waals surface area contributed by atoms with Crippen molar-refractivity contribution in [1.29, 1.82) is 0 Å². The number of carboxylic acid groups (broad SMARTS) is 1. The molecule has 1 heterocycles. The number of carbonyl (C=O) groups excluding carboxylic acids is 1. The van der Waals surface area contributed by atoms with E-state index in [2.05, 4.69) is 10.3 Å². The topological polar surface area (TPSA) is 79.3 Å². The van der Waals surface area contributed by atoms with Gasteiger partial charge in [0, 0.05) is 23.7 Å². The molecule has 2 aromatic rings. The second-order valence-corrected chi connectivity index (χ2v) is 5.07. The molecular formula is C16H14N2O3. The Labute approximate surface area is 121 Å². The standard InChI is InChI=1S/C16H14N2O3/c19-15(11-6-7-17-14(8-11)16(20)21)18-13-9-12(13)10-4-2-1-3-5-10/h1-8,12-13H,9H2,(H,18,19)(H,20,21). The lowest BCUT2D eigenvalue weighted by molar-refractivity contribution is 0.0690. The molecule has 0 aliphatic heterocycles. The van der Waals surface area contributed by atoms with Gasteiger partial charge in [-0.05, 0) is 24.1 Å². The van der Waals surface area contributed by atoms with Crippen LogP contribution >= 0.6 is 0 Å². The number of benzene rings is 1. The van der Waals surface area contributed by atoms with E-state index in [1.165, 1.54) is 23.9 Å². The number of hydrogen-bond donors (Lipinski definition) is 2. The van der Waals surface area contributed by atoms with Gasteiger partial charge in [-0.25, -0.2) is 9.78 Å². The Kier molecular flexibility index (Phi) is 3.39. The van der Waals surface area contributed by atoms with Crippen molar-refractivity contribution in [2.75, 3.05) is 0 Å². The number of aromatic carboxylic acids is 1. The van der Waals surface area contributed by atoms with Gasteiger partial charge in [0.1, 0.15) is 5.69 Å². The van der Waals surface area contributed by atoms with Crippen molar-refractivity contribution in [3.05, 3.63) is 65.5 Å². The number of nitrogens with one attached hydrogen (secondary N) is 1. The summed E-state index contributed by atoms with van der Waals surface area (Å²) in [6.07, 6.45) is 2.24. The van der Waals surface area contributed by atoms with E-state index in [0.717, 1.165) is 6.42 Å². The molecular weight excluding hydrogens is 268 g/mol. The van der Waals surface area contributed by atoms with Gasteiger partial charge in [-0.2, -0.15) is 0 Å². The van der Waals surface area contributed by atoms with Gasteiger partial charge in [0.2, 0.25) is 0 Å². The Morgan fingerprint density at radius 2 is 1.95 bits per heavy atom. The number of carbonyl (C=O) groups is 2. The highest BCUT2D eigenvalue weighted by Crippen LogP contribution is 2.40. The van der Waals surface area contributed by atoms with E-state index < -0.39 is 5.97 Å². The summed E-state index contributed by atoms with van der Waals surface area (Å²) in [5, 5.41) is 11.8. The van der Waals surface area contributed by atoms with Crippen molar-refractivity contribution < 1.29 is 14.7 Å². The molecule has 5 heteroatoms. The molecule has 5 nitrogen and oxygen atoms in total. The van der Waals surface area contributed by atoms with Gasteiger partial charge >= 0.3 is 5.97 Å². The molecule has 2 N–H and O–H groups in total. The number of amides is 1. The van der Waals surface area contributed by atoms with E-state index in [4.69, 9.17) is 5.11 Å². The van der Waals surface area contributed by atoms with Gasteiger partial charge in [-0.1, -0.05) is 30.3 Å². The molecule has 0 spiro atoms. The molecule has 0 saturated heterocycles. The molecule has 0 bridgehead atoms. The van der Waals surface area contributed by atoms with E-state index in [-0.39, 0.29) is 17.6 Å². The van der Waals surface area contributed by atoms with E-state index in [1.807, 2.05) is 30.3 Å². The lowest BCUT2D eigenvalue weighted by Gasteiger charge is -2.05.